The Balaban J connectivity index is 1.67. The molecule has 30 heavy (non-hydrogen) atoms. The topological polar surface area (TPSA) is 43.6 Å². The molecule has 0 radical (unpaired) electrons. The van der Waals surface area contributed by atoms with Crippen LogP contribution in [-0.2, 0) is 0 Å². The smallest absolute Gasteiger partial charge is 0.239 e. The van der Waals surface area contributed by atoms with Crippen LogP contribution in [0, 0.1) is 0 Å². The Morgan fingerprint density at radius 1 is 0.567 bits per heavy atom. The van der Waals surface area contributed by atoms with Crippen LogP contribution in [0.1, 0.15) is 0 Å². The number of nitrogens with zero attached hydrogens (tertiary/aromatic N) is 4. The van der Waals surface area contributed by atoms with Crippen LogP contribution in [0.3, 0.4) is 0 Å². The molecule has 0 aliphatic heterocycles. The van der Waals surface area contributed by atoms with Gasteiger partial charge < -0.3 is 0 Å². The lowest BCUT2D eigenvalue weighted by molar-refractivity contribution is 0.948. The Kier molecular flexibility index (Phi) is 3.79. The molecule has 0 N–H and O–H groups in total. The molecule has 4 nitrogen and oxygen atoms in total. The van der Waals surface area contributed by atoms with Crippen LogP contribution in [0.4, 0.5) is 0 Å². The molecule has 0 fully saturated rings. The lowest BCUT2D eigenvalue weighted by Crippen LogP contribution is -2.04. The first-order chi connectivity index (χ1) is 14.8. The zero-order valence-electron chi connectivity index (χ0n) is 15.8. The third kappa shape index (κ3) is 2.58. The molecular formula is C25H15ClN4. The fraction of sp³-hybridized carbons (Fsp3) is 0. The van der Waals surface area contributed by atoms with Crippen molar-refractivity contribution >= 4 is 44.2 Å². The van der Waals surface area contributed by atoms with E-state index in [-0.39, 0.29) is 5.28 Å². The number of fused-ring (bicyclic) bond motifs is 4. The van der Waals surface area contributed by atoms with Gasteiger partial charge in [-0.15, -0.1) is 0 Å². The predicted molar refractivity (Wildman–Crippen MR) is 122 cm³/mol. The van der Waals surface area contributed by atoms with Gasteiger partial charge in [-0.2, -0.15) is 15.0 Å². The summed E-state index contributed by atoms with van der Waals surface area (Å²) in [5.74, 6) is 1.07. The first-order valence-electron chi connectivity index (χ1n) is 9.68. The van der Waals surface area contributed by atoms with E-state index in [4.69, 9.17) is 16.6 Å². The fourth-order valence-corrected chi connectivity index (χ4v) is 4.27. The van der Waals surface area contributed by atoms with E-state index >= 15 is 0 Å². The molecule has 0 spiro atoms. The first-order valence-corrected chi connectivity index (χ1v) is 10.1. The molecule has 2 heterocycles. The molecule has 0 saturated carbocycles. The minimum Gasteiger partial charge on any atom is -0.278 e. The SMILES string of the molecule is Clc1nc(-c2cccc3ccccc23)nc(-n2c3ccccc3c3ccccc32)n1. The van der Waals surface area contributed by atoms with Crippen LogP contribution in [0.25, 0.3) is 49.9 Å². The Bertz CT molecular complexity index is 1510. The van der Waals surface area contributed by atoms with Gasteiger partial charge in [-0.25, -0.2) is 0 Å². The van der Waals surface area contributed by atoms with Crippen molar-refractivity contribution < 1.29 is 0 Å². The summed E-state index contributed by atoms with van der Waals surface area (Å²) >= 11 is 6.39. The maximum absolute atomic E-state index is 6.39. The van der Waals surface area contributed by atoms with E-state index in [9.17, 15) is 0 Å². The van der Waals surface area contributed by atoms with E-state index in [0.29, 0.717) is 11.8 Å². The Hall–Kier alpha value is -3.76. The quantitative estimate of drug-likeness (QED) is 0.332. The molecule has 6 aromatic rings. The van der Waals surface area contributed by atoms with Crippen molar-refractivity contribution in [3.05, 3.63) is 96.3 Å². The average Bonchev–Trinajstić information content (AvgIpc) is 3.13. The standard InChI is InChI=1S/C25H15ClN4/c26-24-27-23(20-13-7-9-16-8-1-2-10-17(16)20)28-25(29-24)30-21-14-5-3-11-18(21)19-12-4-6-15-22(19)30/h1-15H. The van der Waals surface area contributed by atoms with Gasteiger partial charge in [0.25, 0.3) is 0 Å². The third-order valence-corrected chi connectivity index (χ3v) is 5.58. The van der Waals surface area contributed by atoms with Crippen molar-refractivity contribution in [2.45, 2.75) is 0 Å². The summed E-state index contributed by atoms with van der Waals surface area (Å²) in [5, 5.41) is 4.68. The number of hydrogen-bond acceptors (Lipinski definition) is 3. The highest BCUT2D eigenvalue weighted by molar-refractivity contribution is 6.28. The lowest BCUT2D eigenvalue weighted by Gasteiger charge is -2.10. The van der Waals surface area contributed by atoms with E-state index in [1.165, 1.54) is 0 Å². The fourth-order valence-electron chi connectivity index (χ4n) is 4.12. The highest BCUT2D eigenvalue weighted by Gasteiger charge is 2.16. The summed E-state index contributed by atoms with van der Waals surface area (Å²) in [5.41, 5.74) is 2.99. The molecule has 0 saturated heterocycles. The molecule has 6 rings (SSSR count). The largest absolute Gasteiger partial charge is 0.278 e. The lowest BCUT2D eigenvalue weighted by atomic mass is 10.0. The molecule has 0 aliphatic carbocycles. The molecule has 2 aromatic heterocycles. The average molecular weight is 407 g/mol. The van der Waals surface area contributed by atoms with E-state index < -0.39 is 0 Å². The predicted octanol–water partition coefficient (Wildman–Crippen LogP) is 6.44. The Morgan fingerprint density at radius 2 is 1.17 bits per heavy atom. The maximum Gasteiger partial charge on any atom is 0.239 e. The molecule has 4 aromatic carbocycles. The molecule has 0 unspecified atom stereocenters. The molecule has 0 bridgehead atoms. The van der Waals surface area contributed by atoms with Gasteiger partial charge in [-0.1, -0.05) is 78.9 Å². The molecule has 0 aliphatic rings. The number of rotatable bonds is 2. The van der Waals surface area contributed by atoms with Crippen LogP contribution < -0.4 is 0 Å². The molecule has 142 valence electrons. The zero-order chi connectivity index (χ0) is 20.1. The summed E-state index contributed by atoms with van der Waals surface area (Å²) in [6.07, 6.45) is 0. The van der Waals surface area contributed by atoms with Crippen molar-refractivity contribution in [1.82, 2.24) is 19.5 Å². The Morgan fingerprint density at radius 3 is 1.90 bits per heavy atom. The first kappa shape index (κ1) is 17.1. The second-order valence-corrected chi connectivity index (χ2v) is 7.46. The van der Waals surface area contributed by atoms with Crippen LogP contribution >= 0.6 is 11.6 Å². The second-order valence-electron chi connectivity index (χ2n) is 7.12. The van der Waals surface area contributed by atoms with Gasteiger partial charge >= 0.3 is 0 Å². The van der Waals surface area contributed by atoms with E-state index in [0.717, 1.165) is 38.1 Å². The van der Waals surface area contributed by atoms with Gasteiger partial charge in [0.1, 0.15) is 0 Å². The number of hydrogen-bond donors (Lipinski definition) is 0. The van der Waals surface area contributed by atoms with Crippen molar-refractivity contribution in [1.29, 1.82) is 0 Å². The van der Waals surface area contributed by atoms with Crippen LogP contribution in [-0.4, -0.2) is 19.5 Å². The summed E-state index contributed by atoms with van der Waals surface area (Å²) < 4.78 is 2.05. The van der Waals surface area contributed by atoms with Crippen molar-refractivity contribution in [2.75, 3.05) is 0 Å². The van der Waals surface area contributed by atoms with Gasteiger partial charge in [0, 0.05) is 16.3 Å². The van der Waals surface area contributed by atoms with Crippen LogP contribution in [0.5, 0.6) is 0 Å². The summed E-state index contributed by atoms with van der Waals surface area (Å²) in [6.45, 7) is 0. The van der Waals surface area contributed by atoms with Crippen LogP contribution in [0.15, 0.2) is 91.0 Å². The van der Waals surface area contributed by atoms with E-state index in [1.54, 1.807) is 0 Å². The normalized spacial score (nSPS) is 11.5. The minimum atomic E-state index is 0.171. The van der Waals surface area contributed by atoms with Gasteiger partial charge in [-0.3, -0.25) is 4.57 Å². The molecular weight excluding hydrogens is 392 g/mol. The van der Waals surface area contributed by atoms with Crippen molar-refractivity contribution in [3.8, 4) is 17.3 Å². The summed E-state index contributed by atoms with van der Waals surface area (Å²) in [4.78, 5) is 13.8. The highest BCUT2D eigenvalue weighted by Crippen LogP contribution is 2.32. The number of aromatic nitrogens is 4. The highest BCUT2D eigenvalue weighted by atomic mass is 35.5. The van der Waals surface area contributed by atoms with Gasteiger partial charge in [0.15, 0.2) is 5.82 Å². The van der Waals surface area contributed by atoms with E-state index in [2.05, 4.69) is 52.4 Å². The van der Waals surface area contributed by atoms with Gasteiger partial charge in [-0.05, 0) is 34.5 Å². The van der Waals surface area contributed by atoms with Gasteiger partial charge in [0.05, 0.1) is 11.0 Å². The number of benzene rings is 4. The van der Waals surface area contributed by atoms with E-state index in [1.807, 2.05) is 53.1 Å². The van der Waals surface area contributed by atoms with Crippen molar-refractivity contribution in [2.24, 2.45) is 0 Å². The second kappa shape index (κ2) is 6.65. The summed E-state index contributed by atoms with van der Waals surface area (Å²) in [7, 11) is 0. The van der Waals surface area contributed by atoms with Crippen LogP contribution in [0.2, 0.25) is 5.28 Å². The molecule has 0 atom stereocenters. The monoisotopic (exact) mass is 406 g/mol. The summed E-state index contributed by atoms with van der Waals surface area (Å²) in [6, 6.07) is 30.8. The Labute approximate surface area is 177 Å². The maximum atomic E-state index is 6.39. The zero-order valence-corrected chi connectivity index (χ0v) is 16.6. The number of para-hydroxylation sites is 2. The molecule has 0 amide bonds. The third-order valence-electron chi connectivity index (χ3n) is 5.41. The molecule has 5 heteroatoms. The minimum absolute atomic E-state index is 0.171. The van der Waals surface area contributed by atoms with Gasteiger partial charge in [0.2, 0.25) is 11.2 Å². The number of halogens is 1. The van der Waals surface area contributed by atoms with Crippen molar-refractivity contribution in [3.63, 3.8) is 0 Å².